The first-order valence-corrected chi connectivity index (χ1v) is 7.72. The van der Waals surface area contributed by atoms with Crippen molar-refractivity contribution >= 4 is 28.6 Å². The molecule has 0 atom stereocenters. The number of hydrogen-bond acceptors (Lipinski definition) is 3. The van der Waals surface area contributed by atoms with Crippen LogP contribution in [0.25, 0.3) is 10.8 Å². The first-order valence-electron chi connectivity index (χ1n) is 7.34. The summed E-state index contributed by atoms with van der Waals surface area (Å²) in [5.74, 6) is 0.806. The lowest BCUT2D eigenvalue weighted by molar-refractivity contribution is 0.415. The summed E-state index contributed by atoms with van der Waals surface area (Å²) in [4.78, 5) is 0. The van der Waals surface area contributed by atoms with Crippen molar-refractivity contribution in [1.29, 1.82) is 0 Å². The van der Waals surface area contributed by atoms with Crippen molar-refractivity contribution < 1.29 is 4.74 Å². The highest BCUT2D eigenvalue weighted by molar-refractivity contribution is 6.30. The zero-order chi connectivity index (χ0) is 16.1. The molecule has 0 saturated carbocycles. The third kappa shape index (κ3) is 3.63. The maximum atomic E-state index is 5.88. The summed E-state index contributed by atoms with van der Waals surface area (Å²) in [6.07, 6.45) is 1.80. The van der Waals surface area contributed by atoms with Gasteiger partial charge >= 0.3 is 0 Å². The van der Waals surface area contributed by atoms with Crippen molar-refractivity contribution in [2.24, 2.45) is 5.10 Å². The van der Waals surface area contributed by atoms with Crippen molar-refractivity contribution in [1.82, 2.24) is 5.43 Å². The Bertz CT molecular complexity index is 828. The van der Waals surface area contributed by atoms with E-state index in [0.717, 1.165) is 32.7 Å². The number of methoxy groups -OCH3 is 1. The molecule has 0 saturated heterocycles. The fourth-order valence-corrected chi connectivity index (χ4v) is 2.56. The topological polar surface area (TPSA) is 33.6 Å². The van der Waals surface area contributed by atoms with E-state index >= 15 is 0 Å². The van der Waals surface area contributed by atoms with E-state index in [1.165, 1.54) is 0 Å². The normalized spacial score (nSPS) is 11.0. The lowest BCUT2D eigenvalue weighted by Gasteiger charge is -2.08. The summed E-state index contributed by atoms with van der Waals surface area (Å²) >= 11 is 5.88. The molecule has 3 nitrogen and oxygen atoms in total. The SMILES string of the molecule is COc1ccc2ccccc2c1/C=N\NCc1ccc(Cl)cc1. The number of fused-ring (bicyclic) bond motifs is 1. The minimum atomic E-state index is 0.640. The Labute approximate surface area is 140 Å². The van der Waals surface area contributed by atoms with Crippen molar-refractivity contribution in [2.45, 2.75) is 6.54 Å². The van der Waals surface area contributed by atoms with Crippen molar-refractivity contribution in [3.63, 3.8) is 0 Å². The zero-order valence-electron chi connectivity index (χ0n) is 12.8. The van der Waals surface area contributed by atoms with Gasteiger partial charge in [0.1, 0.15) is 5.75 Å². The molecule has 0 aliphatic heterocycles. The van der Waals surface area contributed by atoms with Crippen LogP contribution in [0, 0.1) is 0 Å². The Morgan fingerprint density at radius 2 is 1.83 bits per heavy atom. The third-order valence-corrected chi connectivity index (χ3v) is 3.88. The minimum absolute atomic E-state index is 0.640. The second kappa shape index (κ2) is 7.16. The van der Waals surface area contributed by atoms with Gasteiger partial charge in [0.15, 0.2) is 0 Å². The van der Waals surface area contributed by atoms with E-state index in [-0.39, 0.29) is 0 Å². The van der Waals surface area contributed by atoms with Gasteiger partial charge in [-0.25, -0.2) is 0 Å². The van der Waals surface area contributed by atoms with Crippen LogP contribution in [0.2, 0.25) is 5.02 Å². The first kappa shape index (κ1) is 15.4. The first-order chi connectivity index (χ1) is 11.3. The fraction of sp³-hybridized carbons (Fsp3) is 0.105. The molecule has 0 heterocycles. The number of ether oxygens (including phenoxy) is 1. The van der Waals surface area contributed by atoms with Crippen molar-refractivity contribution in [3.05, 3.63) is 76.8 Å². The van der Waals surface area contributed by atoms with Crippen LogP contribution in [0.1, 0.15) is 11.1 Å². The van der Waals surface area contributed by atoms with Crippen LogP contribution in [0.15, 0.2) is 65.8 Å². The molecule has 3 rings (SSSR count). The second-order valence-corrected chi connectivity index (χ2v) is 5.56. The van der Waals surface area contributed by atoms with Gasteiger partial charge in [0.2, 0.25) is 0 Å². The largest absolute Gasteiger partial charge is 0.496 e. The Morgan fingerprint density at radius 3 is 2.61 bits per heavy atom. The van der Waals surface area contributed by atoms with E-state index in [4.69, 9.17) is 16.3 Å². The summed E-state index contributed by atoms with van der Waals surface area (Å²) in [7, 11) is 1.67. The van der Waals surface area contributed by atoms with Crippen LogP contribution in [-0.4, -0.2) is 13.3 Å². The summed E-state index contributed by atoms with van der Waals surface area (Å²) in [6, 6.07) is 19.9. The monoisotopic (exact) mass is 324 g/mol. The maximum absolute atomic E-state index is 5.88. The number of halogens is 1. The van der Waals surface area contributed by atoms with Crippen molar-refractivity contribution in [2.75, 3.05) is 7.11 Å². The Balaban J connectivity index is 1.78. The highest BCUT2D eigenvalue weighted by Crippen LogP contribution is 2.26. The molecule has 0 aliphatic carbocycles. The summed E-state index contributed by atoms with van der Waals surface area (Å²) in [6.45, 7) is 0.640. The molecule has 3 aromatic carbocycles. The molecule has 0 spiro atoms. The number of hydrazone groups is 1. The molecule has 4 heteroatoms. The van der Waals surface area contributed by atoms with Gasteiger partial charge in [-0.1, -0.05) is 54.1 Å². The van der Waals surface area contributed by atoms with Crippen LogP contribution in [0.4, 0.5) is 0 Å². The summed E-state index contributed by atoms with van der Waals surface area (Å²) in [5, 5.41) is 7.34. The number of hydrogen-bond donors (Lipinski definition) is 1. The number of nitrogens with zero attached hydrogens (tertiary/aromatic N) is 1. The van der Waals surface area contributed by atoms with Gasteiger partial charge in [-0.2, -0.15) is 5.10 Å². The van der Waals surface area contributed by atoms with Crippen LogP contribution in [0.5, 0.6) is 5.75 Å². The Kier molecular flexibility index (Phi) is 4.79. The number of rotatable bonds is 5. The highest BCUT2D eigenvalue weighted by atomic mass is 35.5. The quantitative estimate of drug-likeness (QED) is 0.548. The summed E-state index contributed by atoms with van der Waals surface area (Å²) in [5.41, 5.74) is 5.14. The van der Waals surface area contributed by atoms with Crippen molar-refractivity contribution in [3.8, 4) is 5.75 Å². The average molecular weight is 325 g/mol. The lowest BCUT2D eigenvalue weighted by atomic mass is 10.0. The van der Waals surface area contributed by atoms with Crippen LogP contribution in [-0.2, 0) is 6.54 Å². The molecule has 0 aromatic heterocycles. The molecule has 0 bridgehead atoms. The molecule has 0 amide bonds. The van der Waals surface area contributed by atoms with Gasteiger partial charge in [-0.15, -0.1) is 0 Å². The average Bonchev–Trinajstić information content (AvgIpc) is 2.60. The highest BCUT2D eigenvalue weighted by Gasteiger charge is 2.05. The van der Waals surface area contributed by atoms with E-state index in [9.17, 15) is 0 Å². The molecule has 0 fully saturated rings. The minimum Gasteiger partial charge on any atom is -0.496 e. The smallest absolute Gasteiger partial charge is 0.128 e. The second-order valence-electron chi connectivity index (χ2n) is 5.12. The van der Waals surface area contributed by atoms with Gasteiger partial charge < -0.3 is 10.2 Å². The van der Waals surface area contributed by atoms with Gasteiger partial charge in [0.25, 0.3) is 0 Å². The van der Waals surface area contributed by atoms with E-state index in [1.54, 1.807) is 13.3 Å². The number of benzene rings is 3. The molecule has 0 unspecified atom stereocenters. The molecular weight excluding hydrogens is 308 g/mol. The zero-order valence-corrected chi connectivity index (χ0v) is 13.5. The van der Waals surface area contributed by atoms with Crippen LogP contribution >= 0.6 is 11.6 Å². The molecule has 3 aromatic rings. The molecule has 1 N–H and O–H groups in total. The predicted octanol–water partition coefficient (Wildman–Crippen LogP) is 4.63. The molecule has 116 valence electrons. The van der Waals surface area contributed by atoms with E-state index < -0.39 is 0 Å². The van der Waals surface area contributed by atoms with E-state index in [0.29, 0.717) is 6.54 Å². The molecule has 23 heavy (non-hydrogen) atoms. The van der Waals surface area contributed by atoms with Gasteiger partial charge in [-0.3, -0.25) is 0 Å². The number of nitrogens with one attached hydrogen (secondary N) is 1. The molecule has 0 aliphatic rings. The third-order valence-electron chi connectivity index (χ3n) is 3.63. The van der Waals surface area contributed by atoms with Gasteiger partial charge in [-0.05, 0) is 34.5 Å². The Morgan fingerprint density at radius 1 is 1.04 bits per heavy atom. The maximum Gasteiger partial charge on any atom is 0.128 e. The molecular formula is C19H17ClN2O. The van der Waals surface area contributed by atoms with Crippen LogP contribution < -0.4 is 10.2 Å². The van der Waals surface area contributed by atoms with Gasteiger partial charge in [0.05, 0.1) is 19.9 Å². The predicted molar refractivity (Wildman–Crippen MR) is 96.4 cm³/mol. The Hall–Kier alpha value is -2.52. The molecule has 0 radical (unpaired) electrons. The lowest BCUT2D eigenvalue weighted by Crippen LogP contribution is -2.05. The van der Waals surface area contributed by atoms with Gasteiger partial charge in [0, 0.05) is 10.6 Å². The van der Waals surface area contributed by atoms with Crippen LogP contribution in [0.3, 0.4) is 0 Å². The standard InChI is InChI=1S/C19H17ClN2O/c1-23-19-11-8-15-4-2-3-5-17(15)18(19)13-22-21-12-14-6-9-16(20)10-7-14/h2-11,13,21H,12H2,1H3/b22-13-. The summed E-state index contributed by atoms with van der Waals surface area (Å²) < 4.78 is 5.45. The van der Waals surface area contributed by atoms with E-state index in [1.807, 2.05) is 48.5 Å². The fourth-order valence-electron chi connectivity index (χ4n) is 2.44. The van der Waals surface area contributed by atoms with E-state index in [2.05, 4.69) is 22.7 Å².